The van der Waals surface area contributed by atoms with Gasteiger partial charge in [-0.25, -0.2) is 0 Å². The summed E-state index contributed by atoms with van der Waals surface area (Å²) in [4.78, 5) is 37.9. The van der Waals surface area contributed by atoms with Crippen molar-refractivity contribution in [2.75, 3.05) is 13.2 Å². The van der Waals surface area contributed by atoms with E-state index in [1.807, 2.05) is 0 Å². The average Bonchev–Trinajstić information content (AvgIpc) is 3.24. The van der Waals surface area contributed by atoms with E-state index in [9.17, 15) is 14.4 Å². The second-order valence-corrected chi connectivity index (χ2v) is 17.1. The number of carbonyl (C=O) groups excluding carboxylic acids is 3. The van der Waals surface area contributed by atoms with E-state index in [1.54, 1.807) is 0 Å². The number of hydrogen-bond donors (Lipinski definition) is 0. The van der Waals surface area contributed by atoms with Crippen molar-refractivity contribution >= 4 is 17.9 Å². The summed E-state index contributed by atoms with van der Waals surface area (Å²) in [5, 5.41) is 0. The maximum absolute atomic E-state index is 12.8. The van der Waals surface area contributed by atoms with E-state index in [4.69, 9.17) is 14.2 Å². The molecule has 0 rings (SSSR count). The van der Waals surface area contributed by atoms with Gasteiger partial charge in [0.2, 0.25) is 0 Å². The van der Waals surface area contributed by atoms with Gasteiger partial charge in [0.15, 0.2) is 6.10 Å². The molecule has 0 heterocycles. The molecule has 0 aliphatic heterocycles. The number of unbranched alkanes of at least 4 members (excludes halogenated alkanes) is 28. The quantitative estimate of drug-likeness (QED) is 0.0200. The molecule has 60 heavy (non-hydrogen) atoms. The first-order chi connectivity index (χ1) is 29.5. The summed E-state index contributed by atoms with van der Waals surface area (Å²) >= 11 is 0. The van der Waals surface area contributed by atoms with Crippen LogP contribution in [0.1, 0.15) is 258 Å². The molecule has 1 unspecified atom stereocenters. The molecular formula is C54H96O6. The summed E-state index contributed by atoms with van der Waals surface area (Å²) in [6, 6.07) is 0. The average molecular weight is 841 g/mol. The van der Waals surface area contributed by atoms with E-state index in [2.05, 4.69) is 69.4 Å². The second kappa shape index (κ2) is 49.0. The zero-order valence-corrected chi connectivity index (χ0v) is 39.7. The van der Waals surface area contributed by atoms with Crippen molar-refractivity contribution in [3.8, 4) is 0 Å². The van der Waals surface area contributed by atoms with Gasteiger partial charge in [0.05, 0.1) is 0 Å². The molecule has 0 aliphatic carbocycles. The summed E-state index contributed by atoms with van der Waals surface area (Å²) in [6.07, 6.45) is 58.0. The molecule has 6 heteroatoms. The molecule has 0 saturated carbocycles. The van der Waals surface area contributed by atoms with Crippen LogP contribution < -0.4 is 0 Å². The highest BCUT2D eigenvalue weighted by atomic mass is 16.6. The molecule has 0 aromatic carbocycles. The van der Waals surface area contributed by atoms with E-state index in [0.717, 1.165) is 89.9 Å². The lowest BCUT2D eigenvalue weighted by molar-refractivity contribution is -0.167. The second-order valence-electron chi connectivity index (χ2n) is 17.1. The molecule has 0 saturated heterocycles. The Kier molecular flexibility index (Phi) is 46.9. The predicted octanol–water partition coefficient (Wildman–Crippen LogP) is 16.7. The van der Waals surface area contributed by atoms with Crippen LogP contribution in [-0.2, 0) is 28.6 Å². The molecule has 0 radical (unpaired) electrons. The summed E-state index contributed by atoms with van der Waals surface area (Å²) < 4.78 is 16.8. The molecule has 0 spiro atoms. The van der Waals surface area contributed by atoms with Crippen LogP contribution in [0.15, 0.2) is 48.6 Å². The van der Waals surface area contributed by atoms with Crippen molar-refractivity contribution in [1.82, 2.24) is 0 Å². The van der Waals surface area contributed by atoms with E-state index in [-0.39, 0.29) is 31.1 Å². The van der Waals surface area contributed by atoms with Crippen LogP contribution in [0.4, 0.5) is 0 Å². The fourth-order valence-electron chi connectivity index (χ4n) is 7.13. The zero-order chi connectivity index (χ0) is 43.7. The topological polar surface area (TPSA) is 78.9 Å². The minimum Gasteiger partial charge on any atom is -0.462 e. The van der Waals surface area contributed by atoms with E-state index < -0.39 is 6.10 Å². The van der Waals surface area contributed by atoms with Gasteiger partial charge in [0, 0.05) is 19.3 Å². The first-order valence-electron chi connectivity index (χ1n) is 25.7. The number of ether oxygens (including phenoxy) is 3. The fraction of sp³-hybridized carbons (Fsp3) is 0.796. The minimum atomic E-state index is -0.789. The van der Waals surface area contributed by atoms with Crippen LogP contribution in [0.25, 0.3) is 0 Å². The molecule has 6 nitrogen and oxygen atoms in total. The summed E-state index contributed by atoms with van der Waals surface area (Å²) in [6.45, 7) is 6.57. The lowest BCUT2D eigenvalue weighted by atomic mass is 10.1. The molecule has 0 aliphatic rings. The largest absolute Gasteiger partial charge is 0.462 e. The fourth-order valence-corrected chi connectivity index (χ4v) is 7.13. The lowest BCUT2D eigenvalue weighted by Gasteiger charge is -2.18. The van der Waals surface area contributed by atoms with E-state index in [0.29, 0.717) is 19.3 Å². The maximum Gasteiger partial charge on any atom is 0.306 e. The van der Waals surface area contributed by atoms with Gasteiger partial charge in [-0.15, -0.1) is 0 Å². The van der Waals surface area contributed by atoms with Crippen molar-refractivity contribution in [3.63, 3.8) is 0 Å². The van der Waals surface area contributed by atoms with Crippen LogP contribution in [0.3, 0.4) is 0 Å². The van der Waals surface area contributed by atoms with E-state index in [1.165, 1.54) is 128 Å². The van der Waals surface area contributed by atoms with Crippen LogP contribution in [-0.4, -0.2) is 37.2 Å². The maximum atomic E-state index is 12.8. The van der Waals surface area contributed by atoms with Crippen LogP contribution in [0, 0.1) is 0 Å². The minimum absolute atomic E-state index is 0.0894. The molecule has 348 valence electrons. The van der Waals surface area contributed by atoms with Gasteiger partial charge in [0.25, 0.3) is 0 Å². The molecule has 0 amide bonds. The van der Waals surface area contributed by atoms with Crippen molar-refractivity contribution in [3.05, 3.63) is 48.6 Å². The highest BCUT2D eigenvalue weighted by molar-refractivity contribution is 5.71. The number of esters is 3. The molecule has 0 aromatic heterocycles. The van der Waals surface area contributed by atoms with Gasteiger partial charge >= 0.3 is 17.9 Å². The molecule has 0 aromatic rings. The van der Waals surface area contributed by atoms with Gasteiger partial charge in [-0.3, -0.25) is 14.4 Å². The van der Waals surface area contributed by atoms with Crippen LogP contribution >= 0.6 is 0 Å². The van der Waals surface area contributed by atoms with Gasteiger partial charge in [-0.05, 0) is 96.3 Å². The molecule has 0 fully saturated rings. The summed E-state index contributed by atoms with van der Waals surface area (Å²) in [5.74, 6) is -0.927. The normalized spacial score (nSPS) is 12.4. The standard InChI is InChI=1S/C54H96O6/c1-4-7-10-13-16-19-22-25-27-30-32-35-38-41-44-47-53(56)59-50-51(49-58-52(55)46-43-40-37-34-31-28-24-21-18-15-12-9-6-3)60-54(57)48-45-42-39-36-33-29-26-23-20-17-14-11-8-5-2/h16,19,22,25,28-29,31,33,51H,4-15,17-18,20-21,23-24,26-27,30,32,34-50H2,1-3H3/b19-16-,25-22-,31-28-,33-29-. The Morgan fingerprint density at radius 2 is 0.600 bits per heavy atom. The van der Waals surface area contributed by atoms with Crippen molar-refractivity contribution < 1.29 is 28.6 Å². The number of hydrogen-bond acceptors (Lipinski definition) is 6. The van der Waals surface area contributed by atoms with Crippen LogP contribution in [0.2, 0.25) is 0 Å². The molecule has 0 N–H and O–H groups in total. The van der Waals surface area contributed by atoms with Gasteiger partial charge in [-0.2, -0.15) is 0 Å². The SMILES string of the molecule is CCCCC/C=C\C=C/CCCCCCCCC(=O)OCC(COC(=O)CCCCC/C=C\CCCCCCCC)OC(=O)CCCCC/C=C\CCCCCCCCC. The first-order valence-corrected chi connectivity index (χ1v) is 25.7. The van der Waals surface area contributed by atoms with Gasteiger partial charge in [-0.1, -0.05) is 191 Å². The third kappa shape index (κ3) is 46.4. The lowest BCUT2D eigenvalue weighted by Crippen LogP contribution is -2.30. The number of allylic oxidation sites excluding steroid dienone is 8. The third-order valence-corrected chi connectivity index (χ3v) is 11.1. The zero-order valence-electron chi connectivity index (χ0n) is 39.7. The van der Waals surface area contributed by atoms with Crippen molar-refractivity contribution in [2.45, 2.75) is 264 Å². The Bertz CT molecular complexity index is 1060. The summed E-state index contributed by atoms with van der Waals surface area (Å²) in [5.41, 5.74) is 0. The molecule has 0 bridgehead atoms. The van der Waals surface area contributed by atoms with Gasteiger partial charge < -0.3 is 14.2 Å². The third-order valence-electron chi connectivity index (χ3n) is 11.1. The Morgan fingerprint density at radius 1 is 0.333 bits per heavy atom. The van der Waals surface area contributed by atoms with Crippen LogP contribution in [0.5, 0.6) is 0 Å². The number of rotatable bonds is 46. The summed E-state index contributed by atoms with van der Waals surface area (Å²) in [7, 11) is 0. The highest BCUT2D eigenvalue weighted by Gasteiger charge is 2.19. The Hall–Kier alpha value is -2.63. The van der Waals surface area contributed by atoms with E-state index >= 15 is 0 Å². The van der Waals surface area contributed by atoms with Crippen molar-refractivity contribution in [2.24, 2.45) is 0 Å². The predicted molar refractivity (Wildman–Crippen MR) is 256 cm³/mol. The Morgan fingerprint density at radius 3 is 0.983 bits per heavy atom. The number of carbonyl (C=O) groups is 3. The molecule has 1 atom stereocenters. The molecular weight excluding hydrogens is 745 g/mol. The first kappa shape index (κ1) is 57.4. The van der Waals surface area contributed by atoms with Gasteiger partial charge in [0.1, 0.15) is 13.2 Å². The van der Waals surface area contributed by atoms with Crippen molar-refractivity contribution in [1.29, 1.82) is 0 Å². The highest BCUT2D eigenvalue weighted by Crippen LogP contribution is 2.14. The Labute approximate surface area is 371 Å². The smallest absolute Gasteiger partial charge is 0.306 e. The Balaban J connectivity index is 4.43. The monoisotopic (exact) mass is 841 g/mol.